The molecule has 6 heteroatoms. The van der Waals surface area contributed by atoms with Crippen molar-refractivity contribution in [2.24, 2.45) is 0 Å². The highest BCUT2D eigenvalue weighted by molar-refractivity contribution is 6.51. The van der Waals surface area contributed by atoms with Crippen LogP contribution in [0.2, 0.25) is 0 Å². The number of hydrogen-bond donors (Lipinski definition) is 1. The lowest BCUT2D eigenvalue weighted by molar-refractivity contribution is -0.139. The first-order chi connectivity index (χ1) is 16.7. The van der Waals surface area contributed by atoms with Crippen molar-refractivity contribution in [1.82, 2.24) is 0 Å². The molecular weight excluding hydrogens is 442 g/mol. The molecule has 1 atom stereocenters. The van der Waals surface area contributed by atoms with Crippen LogP contribution in [0.25, 0.3) is 5.76 Å². The molecule has 6 nitrogen and oxygen atoms in total. The number of aryl methyl sites for hydroxylation is 3. The fourth-order valence-electron chi connectivity index (χ4n) is 4.34. The number of hydrogen-bond acceptors (Lipinski definition) is 5. The number of ether oxygens (including phenoxy) is 1. The zero-order chi connectivity index (χ0) is 25.3. The predicted molar refractivity (Wildman–Crippen MR) is 134 cm³/mol. The van der Waals surface area contributed by atoms with E-state index in [4.69, 9.17) is 4.74 Å². The molecule has 1 amide bonds. The third-order valence-corrected chi connectivity index (χ3v) is 6.50. The van der Waals surface area contributed by atoms with Crippen molar-refractivity contribution < 1.29 is 24.2 Å². The van der Waals surface area contributed by atoms with Crippen molar-refractivity contribution in [2.45, 2.75) is 33.2 Å². The van der Waals surface area contributed by atoms with Gasteiger partial charge in [0.15, 0.2) is 0 Å². The van der Waals surface area contributed by atoms with E-state index in [-0.39, 0.29) is 23.7 Å². The van der Waals surface area contributed by atoms with Gasteiger partial charge in [-0.05, 0) is 66.8 Å². The predicted octanol–water partition coefficient (Wildman–Crippen LogP) is 4.95. The number of rotatable bonds is 5. The summed E-state index contributed by atoms with van der Waals surface area (Å²) >= 11 is 0. The molecule has 0 bridgehead atoms. The van der Waals surface area contributed by atoms with Gasteiger partial charge in [0.2, 0.25) is 0 Å². The summed E-state index contributed by atoms with van der Waals surface area (Å²) in [6.45, 7) is 5.81. The van der Waals surface area contributed by atoms with Crippen molar-refractivity contribution in [3.05, 3.63) is 106 Å². The zero-order valence-corrected chi connectivity index (χ0v) is 20.2. The lowest BCUT2D eigenvalue weighted by Gasteiger charge is -2.27. The number of benzene rings is 3. The van der Waals surface area contributed by atoms with Gasteiger partial charge < -0.3 is 9.84 Å². The number of Topliss-reactive ketones (excluding diaryl/α,β-unsaturated/α-hetero) is 1. The van der Waals surface area contributed by atoms with E-state index >= 15 is 0 Å². The van der Waals surface area contributed by atoms with Gasteiger partial charge in [0.25, 0.3) is 11.7 Å². The van der Waals surface area contributed by atoms with Gasteiger partial charge in [-0.1, -0.05) is 48.5 Å². The number of amides is 1. The van der Waals surface area contributed by atoms with Crippen molar-refractivity contribution >= 4 is 29.1 Å². The van der Waals surface area contributed by atoms with Gasteiger partial charge >= 0.3 is 5.97 Å². The zero-order valence-electron chi connectivity index (χ0n) is 20.2. The smallest absolute Gasteiger partial charge is 0.309 e. The fourth-order valence-corrected chi connectivity index (χ4v) is 4.34. The second-order valence-corrected chi connectivity index (χ2v) is 8.74. The number of aliphatic hydroxyl groups excluding tert-OH is 1. The van der Waals surface area contributed by atoms with E-state index in [2.05, 4.69) is 0 Å². The average molecular weight is 470 g/mol. The first-order valence-electron chi connectivity index (χ1n) is 11.3. The summed E-state index contributed by atoms with van der Waals surface area (Å²) in [5.41, 5.74) is 5.41. The molecule has 1 N–H and O–H groups in total. The number of ketones is 1. The molecule has 0 saturated carbocycles. The molecule has 1 heterocycles. The molecule has 1 aliphatic heterocycles. The lowest BCUT2D eigenvalue weighted by atomic mass is 9.92. The minimum Gasteiger partial charge on any atom is -0.507 e. The van der Waals surface area contributed by atoms with Gasteiger partial charge in [0.05, 0.1) is 25.1 Å². The van der Waals surface area contributed by atoms with Gasteiger partial charge in [0.1, 0.15) is 5.76 Å². The van der Waals surface area contributed by atoms with Crippen molar-refractivity contribution in [3.8, 4) is 0 Å². The van der Waals surface area contributed by atoms with Crippen LogP contribution in [0.15, 0.2) is 72.3 Å². The summed E-state index contributed by atoms with van der Waals surface area (Å²) in [6.07, 6.45) is 0.101. The highest BCUT2D eigenvalue weighted by atomic mass is 16.5. The quantitative estimate of drug-likeness (QED) is 0.247. The molecule has 178 valence electrons. The maximum absolute atomic E-state index is 13.3. The monoisotopic (exact) mass is 469 g/mol. The maximum atomic E-state index is 13.3. The molecule has 0 aromatic heterocycles. The summed E-state index contributed by atoms with van der Waals surface area (Å²) in [5.74, 6) is -2.03. The first-order valence-corrected chi connectivity index (χ1v) is 11.3. The Balaban J connectivity index is 1.88. The van der Waals surface area contributed by atoms with Crippen LogP contribution in [0.3, 0.4) is 0 Å². The summed E-state index contributed by atoms with van der Waals surface area (Å²) in [7, 11) is 1.33. The maximum Gasteiger partial charge on any atom is 0.309 e. The molecule has 1 aliphatic rings. The number of anilines is 1. The van der Waals surface area contributed by atoms with Crippen LogP contribution in [0.5, 0.6) is 0 Å². The summed E-state index contributed by atoms with van der Waals surface area (Å²) < 4.78 is 4.72. The number of carbonyl (C=O) groups excluding carboxylic acids is 3. The van der Waals surface area contributed by atoms with E-state index in [0.717, 1.165) is 27.8 Å². The fraction of sp³-hybridized carbons (Fsp3) is 0.207. The molecule has 35 heavy (non-hydrogen) atoms. The molecule has 0 spiro atoms. The van der Waals surface area contributed by atoms with Crippen LogP contribution >= 0.6 is 0 Å². The van der Waals surface area contributed by atoms with Crippen molar-refractivity contribution in [3.63, 3.8) is 0 Å². The topological polar surface area (TPSA) is 83.9 Å². The third-order valence-electron chi connectivity index (χ3n) is 6.50. The van der Waals surface area contributed by atoms with E-state index < -0.39 is 17.7 Å². The highest BCUT2D eigenvalue weighted by Crippen LogP contribution is 2.43. The van der Waals surface area contributed by atoms with Crippen LogP contribution in [-0.4, -0.2) is 29.9 Å². The summed E-state index contributed by atoms with van der Waals surface area (Å²) in [5, 5.41) is 11.3. The Hall–Kier alpha value is -4.19. The standard InChI is InChI=1S/C29H27NO5/c1-17-9-12-21(15-19(17)3)27(32)25-26(23-8-6-5-7-18(23)2)30(29(34)28(25)33)22-13-10-20(11-14-22)16-24(31)35-4/h5-15,26,32H,16H2,1-4H3/b27-25+. The van der Waals surface area contributed by atoms with Crippen LogP contribution < -0.4 is 4.90 Å². The molecule has 4 rings (SSSR count). The van der Waals surface area contributed by atoms with Crippen LogP contribution in [-0.2, 0) is 25.5 Å². The second kappa shape index (κ2) is 9.58. The lowest BCUT2D eigenvalue weighted by Crippen LogP contribution is -2.29. The SMILES string of the molecule is COC(=O)Cc1ccc(N2C(=O)C(=O)/C(=C(/O)c3ccc(C)c(C)c3)C2c2ccccc2C)cc1. The number of carbonyl (C=O) groups is 3. The minimum atomic E-state index is -0.802. The van der Waals surface area contributed by atoms with Gasteiger partial charge in [-0.25, -0.2) is 0 Å². The normalized spacial score (nSPS) is 17.0. The van der Waals surface area contributed by atoms with E-state index in [1.165, 1.54) is 12.0 Å². The highest BCUT2D eigenvalue weighted by Gasteiger charge is 2.47. The van der Waals surface area contributed by atoms with E-state index in [0.29, 0.717) is 11.3 Å². The van der Waals surface area contributed by atoms with Gasteiger partial charge in [-0.3, -0.25) is 19.3 Å². The Bertz CT molecular complexity index is 1350. The van der Waals surface area contributed by atoms with Gasteiger partial charge in [-0.2, -0.15) is 0 Å². The molecule has 0 radical (unpaired) electrons. The Morgan fingerprint density at radius 2 is 1.60 bits per heavy atom. The number of methoxy groups -OCH3 is 1. The van der Waals surface area contributed by atoms with Crippen molar-refractivity contribution in [1.29, 1.82) is 0 Å². The molecule has 1 fully saturated rings. The van der Waals surface area contributed by atoms with Crippen LogP contribution in [0, 0.1) is 20.8 Å². The Morgan fingerprint density at radius 1 is 0.914 bits per heavy atom. The van der Waals surface area contributed by atoms with Crippen LogP contribution in [0.1, 0.15) is 39.4 Å². The van der Waals surface area contributed by atoms with E-state index in [9.17, 15) is 19.5 Å². The Kier molecular flexibility index (Phi) is 6.56. The van der Waals surface area contributed by atoms with Gasteiger partial charge in [-0.15, -0.1) is 0 Å². The Labute approximate surface area is 204 Å². The van der Waals surface area contributed by atoms with Crippen LogP contribution in [0.4, 0.5) is 5.69 Å². The van der Waals surface area contributed by atoms with Crippen molar-refractivity contribution in [2.75, 3.05) is 12.0 Å². The summed E-state index contributed by atoms with van der Waals surface area (Å²) in [6, 6.07) is 19.0. The largest absolute Gasteiger partial charge is 0.507 e. The number of nitrogens with zero attached hydrogens (tertiary/aromatic N) is 1. The first kappa shape index (κ1) is 24.0. The van der Waals surface area contributed by atoms with E-state index in [1.54, 1.807) is 30.3 Å². The molecule has 3 aromatic rings. The molecular formula is C29H27NO5. The second-order valence-electron chi connectivity index (χ2n) is 8.74. The number of aliphatic hydroxyl groups is 1. The molecule has 3 aromatic carbocycles. The molecule has 1 unspecified atom stereocenters. The number of esters is 1. The van der Waals surface area contributed by atoms with Gasteiger partial charge in [0, 0.05) is 11.3 Å². The third kappa shape index (κ3) is 4.47. The average Bonchev–Trinajstić information content (AvgIpc) is 3.11. The minimum absolute atomic E-state index is 0.0474. The molecule has 0 aliphatic carbocycles. The molecule has 1 saturated heterocycles. The Morgan fingerprint density at radius 3 is 2.23 bits per heavy atom. The van der Waals surface area contributed by atoms with E-state index in [1.807, 2.05) is 57.2 Å². The summed E-state index contributed by atoms with van der Waals surface area (Å²) in [4.78, 5) is 39.7.